The van der Waals surface area contributed by atoms with Gasteiger partial charge in [-0.15, -0.1) is 0 Å². The maximum Gasteiger partial charge on any atom is 0.137 e. The molecule has 0 saturated carbocycles. The van der Waals surface area contributed by atoms with Crippen molar-refractivity contribution >= 4 is 21.7 Å². The highest BCUT2D eigenvalue weighted by Gasteiger charge is 2.14. The van der Waals surface area contributed by atoms with Gasteiger partial charge in [0.15, 0.2) is 0 Å². The Morgan fingerprint density at radius 3 is 2.72 bits per heavy atom. The Labute approximate surface area is 117 Å². The van der Waals surface area contributed by atoms with E-state index in [0.717, 1.165) is 16.5 Å². The van der Waals surface area contributed by atoms with Crippen LogP contribution in [0.4, 0.5) is 0 Å². The summed E-state index contributed by atoms with van der Waals surface area (Å²) in [5, 5.41) is 0. The fraction of sp³-hybridized carbons (Fsp3) is 0.571. The fourth-order valence-electron chi connectivity index (χ4n) is 2.10. The number of halogens is 1. The Hall–Kier alpha value is -0.740. The van der Waals surface area contributed by atoms with Crippen LogP contribution in [-0.4, -0.2) is 17.3 Å². The van der Waals surface area contributed by atoms with Gasteiger partial charge in [-0.1, -0.05) is 13.8 Å². The normalized spacial score (nSPS) is 12.7. The molecule has 1 rings (SSSR count). The zero-order chi connectivity index (χ0) is 13.5. The number of ketones is 1. The maximum absolute atomic E-state index is 12.0. The van der Waals surface area contributed by atoms with Crippen molar-refractivity contribution in [3.63, 3.8) is 0 Å². The summed E-state index contributed by atoms with van der Waals surface area (Å²) < 4.78 is 0.908. The Bertz CT molecular complexity index is 393. The molecule has 1 aromatic heterocycles. The van der Waals surface area contributed by atoms with E-state index in [4.69, 9.17) is 5.73 Å². The molecule has 4 heteroatoms. The highest BCUT2D eigenvalue weighted by Crippen LogP contribution is 2.16. The van der Waals surface area contributed by atoms with Crippen LogP contribution in [0.3, 0.4) is 0 Å². The van der Waals surface area contributed by atoms with Gasteiger partial charge in [0, 0.05) is 29.7 Å². The highest BCUT2D eigenvalue weighted by atomic mass is 79.9. The molecule has 0 amide bonds. The first-order valence-corrected chi connectivity index (χ1v) is 7.11. The van der Waals surface area contributed by atoms with E-state index in [9.17, 15) is 4.79 Å². The first-order valence-electron chi connectivity index (χ1n) is 6.32. The predicted octanol–water partition coefficient (Wildman–Crippen LogP) is 2.97. The van der Waals surface area contributed by atoms with Crippen LogP contribution in [0.25, 0.3) is 0 Å². The van der Waals surface area contributed by atoms with Gasteiger partial charge in [-0.25, -0.2) is 0 Å². The van der Waals surface area contributed by atoms with Gasteiger partial charge in [-0.05, 0) is 52.4 Å². The van der Waals surface area contributed by atoms with Crippen LogP contribution in [0, 0.1) is 11.8 Å². The minimum atomic E-state index is 0.242. The van der Waals surface area contributed by atoms with Gasteiger partial charge in [0.1, 0.15) is 5.78 Å². The van der Waals surface area contributed by atoms with Gasteiger partial charge >= 0.3 is 0 Å². The van der Waals surface area contributed by atoms with Gasteiger partial charge in [-0.3, -0.25) is 9.78 Å². The summed E-state index contributed by atoms with van der Waals surface area (Å²) in [6, 6.07) is 1.94. The number of Topliss-reactive ketones (excluding diaryl/α,β-unsaturated/α-hetero) is 1. The van der Waals surface area contributed by atoms with E-state index < -0.39 is 0 Å². The standard InChI is InChI=1S/C14H21BrN2O/c1-10(2)3-11(7-16)5-14(18)6-12-4-13(15)9-17-8-12/h4,8-11H,3,5-7,16H2,1-2H3. The van der Waals surface area contributed by atoms with E-state index in [1.807, 2.05) is 6.07 Å². The van der Waals surface area contributed by atoms with Crippen molar-refractivity contribution in [1.29, 1.82) is 0 Å². The molecule has 0 aliphatic carbocycles. The second kappa shape index (κ2) is 7.64. The zero-order valence-corrected chi connectivity index (χ0v) is 12.6. The second-order valence-corrected chi connectivity index (χ2v) is 6.08. The minimum Gasteiger partial charge on any atom is -0.330 e. The van der Waals surface area contributed by atoms with Crippen molar-refractivity contribution in [3.8, 4) is 0 Å². The zero-order valence-electron chi connectivity index (χ0n) is 11.0. The maximum atomic E-state index is 12.0. The summed E-state index contributed by atoms with van der Waals surface area (Å²) in [4.78, 5) is 16.0. The predicted molar refractivity (Wildman–Crippen MR) is 77.3 cm³/mol. The molecule has 1 unspecified atom stereocenters. The van der Waals surface area contributed by atoms with E-state index in [1.54, 1.807) is 12.4 Å². The van der Waals surface area contributed by atoms with E-state index in [2.05, 4.69) is 34.8 Å². The summed E-state index contributed by atoms with van der Waals surface area (Å²) in [5.41, 5.74) is 6.67. The molecule has 0 radical (unpaired) electrons. The van der Waals surface area contributed by atoms with Crippen molar-refractivity contribution in [1.82, 2.24) is 4.98 Å². The average molecular weight is 313 g/mol. The van der Waals surface area contributed by atoms with Crippen LogP contribution in [0.1, 0.15) is 32.3 Å². The molecule has 3 nitrogen and oxygen atoms in total. The number of aromatic nitrogens is 1. The van der Waals surface area contributed by atoms with Gasteiger partial charge in [0.25, 0.3) is 0 Å². The molecular formula is C14H21BrN2O. The lowest BCUT2D eigenvalue weighted by atomic mass is 9.91. The number of hydrogen-bond donors (Lipinski definition) is 1. The Kier molecular flexibility index (Phi) is 6.50. The first kappa shape index (κ1) is 15.3. The first-order chi connectivity index (χ1) is 8.51. The monoisotopic (exact) mass is 312 g/mol. The van der Waals surface area contributed by atoms with Crippen molar-refractivity contribution < 1.29 is 4.79 Å². The lowest BCUT2D eigenvalue weighted by Gasteiger charge is -2.16. The molecule has 1 aromatic rings. The Morgan fingerprint density at radius 2 is 2.17 bits per heavy atom. The molecule has 1 atom stereocenters. The quantitative estimate of drug-likeness (QED) is 0.842. The summed E-state index contributed by atoms with van der Waals surface area (Å²) in [5.74, 6) is 1.13. The van der Waals surface area contributed by atoms with Crippen LogP contribution in [0.15, 0.2) is 22.9 Å². The smallest absolute Gasteiger partial charge is 0.137 e. The van der Waals surface area contributed by atoms with E-state index >= 15 is 0 Å². The summed E-state index contributed by atoms with van der Waals surface area (Å²) in [6.07, 6.45) is 5.49. The molecule has 0 aliphatic rings. The third-order valence-corrected chi connectivity index (χ3v) is 3.25. The third kappa shape index (κ3) is 5.74. The molecule has 100 valence electrons. The SMILES string of the molecule is CC(C)CC(CN)CC(=O)Cc1cncc(Br)c1. The minimum absolute atomic E-state index is 0.242. The number of rotatable bonds is 7. The van der Waals surface area contributed by atoms with Crippen molar-refractivity contribution in [2.75, 3.05) is 6.54 Å². The number of carbonyl (C=O) groups is 1. The van der Waals surface area contributed by atoms with E-state index in [0.29, 0.717) is 31.2 Å². The molecule has 18 heavy (non-hydrogen) atoms. The summed E-state index contributed by atoms with van der Waals surface area (Å²) in [6.45, 7) is 4.90. The summed E-state index contributed by atoms with van der Waals surface area (Å²) in [7, 11) is 0. The molecule has 0 bridgehead atoms. The molecule has 1 heterocycles. The second-order valence-electron chi connectivity index (χ2n) is 5.16. The van der Waals surface area contributed by atoms with Crippen molar-refractivity contribution in [3.05, 3.63) is 28.5 Å². The lowest BCUT2D eigenvalue weighted by Crippen LogP contribution is -2.20. The highest BCUT2D eigenvalue weighted by molar-refractivity contribution is 9.10. The molecule has 2 N–H and O–H groups in total. The van der Waals surface area contributed by atoms with E-state index in [-0.39, 0.29) is 5.78 Å². The molecule has 0 aromatic carbocycles. The van der Waals surface area contributed by atoms with Gasteiger partial charge in [0.05, 0.1) is 0 Å². The van der Waals surface area contributed by atoms with Crippen molar-refractivity contribution in [2.24, 2.45) is 17.6 Å². The van der Waals surface area contributed by atoms with Gasteiger partial charge in [0.2, 0.25) is 0 Å². The molecular weight excluding hydrogens is 292 g/mol. The average Bonchev–Trinajstić information content (AvgIpc) is 2.27. The number of nitrogens with zero attached hydrogens (tertiary/aromatic N) is 1. The van der Waals surface area contributed by atoms with Gasteiger partial charge in [-0.2, -0.15) is 0 Å². The van der Waals surface area contributed by atoms with Crippen LogP contribution >= 0.6 is 15.9 Å². The van der Waals surface area contributed by atoms with Gasteiger partial charge < -0.3 is 5.73 Å². The number of carbonyl (C=O) groups excluding carboxylic acids is 1. The van der Waals surface area contributed by atoms with Crippen LogP contribution in [0.5, 0.6) is 0 Å². The molecule has 0 aliphatic heterocycles. The van der Waals surface area contributed by atoms with Crippen LogP contribution in [0.2, 0.25) is 0 Å². The lowest BCUT2D eigenvalue weighted by molar-refractivity contribution is -0.119. The molecule has 0 spiro atoms. The topological polar surface area (TPSA) is 56.0 Å². The van der Waals surface area contributed by atoms with E-state index in [1.165, 1.54) is 0 Å². The molecule has 0 fully saturated rings. The fourth-order valence-corrected chi connectivity index (χ4v) is 2.52. The third-order valence-electron chi connectivity index (χ3n) is 2.82. The van der Waals surface area contributed by atoms with Crippen LogP contribution in [-0.2, 0) is 11.2 Å². The number of hydrogen-bond acceptors (Lipinski definition) is 3. The van der Waals surface area contributed by atoms with Crippen LogP contribution < -0.4 is 5.73 Å². The largest absolute Gasteiger partial charge is 0.330 e. The molecule has 0 saturated heterocycles. The number of nitrogens with two attached hydrogens (primary N) is 1. The number of pyridine rings is 1. The Balaban J connectivity index is 2.50. The van der Waals surface area contributed by atoms with Crippen molar-refractivity contribution in [2.45, 2.75) is 33.1 Å². The Morgan fingerprint density at radius 1 is 1.44 bits per heavy atom. The summed E-state index contributed by atoms with van der Waals surface area (Å²) >= 11 is 3.36.